The van der Waals surface area contributed by atoms with Crippen LogP contribution in [0.15, 0.2) is 58.4 Å². The van der Waals surface area contributed by atoms with Crippen molar-refractivity contribution in [1.29, 1.82) is 0 Å². The van der Waals surface area contributed by atoms with E-state index in [4.69, 9.17) is 0 Å². The van der Waals surface area contributed by atoms with Crippen molar-refractivity contribution < 1.29 is 14.7 Å². The second-order valence-electron chi connectivity index (χ2n) is 6.70. The third-order valence-electron chi connectivity index (χ3n) is 4.46. The van der Waals surface area contributed by atoms with E-state index in [0.717, 1.165) is 5.56 Å². The van der Waals surface area contributed by atoms with Gasteiger partial charge in [0.15, 0.2) is 5.17 Å². The number of aromatic carboxylic acids is 1. The van der Waals surface area contributed by atoms with E-state index in [9.17, 15) is 14.7 Å². The Kier molecular flexibility index (Phi) is 5.99. The highest BCUT2D eigenvalue weighted by Gasteiger charge is 2.32. The number of para-hydroxylation sites is 1. The van der Waals surface area contributed by atoms with Crippen molar-refractivity contribution in [3.63, 3.8) is 0 Å². The molecule has 3 rings (SSSR count). The van der Waals surface area contributed by atoms with Crippen molar-refractivity contribution in [3.05, 3.63) is 70.1 Å². The SMILES string of the molecule is CCN1C(=O)/C(=C/c2ccc(C(C)C)cc2)SC1=Nc1ccccc1C(=O)O. The van der Waals surface area contributed by atoms with Gasteiger partial charge in [-0.15, -0.1) is 0 Å². The molecule has 6 heteroatoms. The lowest BCUT2D eigenvalue weighted by Gasteiger charge is -2.12. The summed E-state index contributed by atoms with van der Waals surface area (Å²) in [5.74, 6) is -0.710. The molecule has 1 aliphatic heterocycles. The molecular formula is C22H22N2O3S. The predicted octanol–water partition coefficient (Wildman–Crippen LogP) is 5.13. The highest BCUT2D eigenvalue weighted by molar-refractivity contribution is 8.18. The van der Waals surface area contributed by atoms with Crippen LogP contribution in [0.3, 0.4) is 0 Å². The number of amidine groups is 1. The first-order valence-corrected chi connectivity index (χ1v) is 9.94. The van der Waals surface area contributed by atoms with Crippen LogP contribution < -0.4 is 0 Å². The number of carboxylic acids is 1. The lowest BCUT2D eigenvalue weighted by Crippen LogP contribution is -2.28. The average molecular weight is 394 g/mol. The number of nitrogens with zero attached hydrogens (tertiary/aromatic N) is 2. The van der Waals surface area contributed by atoms with Crippen LogP contribution in [0.2, 0.25) is 0 Å². The monoisotopic (exact) mass is 394 g/mol. The van der Waals surface area contributed by atoms with Crippen molar-refractivity contribution in [2.45, 2.75) is 26.7 Å². The molecule has 1 amide bonds. The summed E-state index contributed by atoms with van der Waals surface area (Å²) in [6.45, 7) is 6.61. The third kappa shape index (κ3) is 4.17. The topological polar surface area (TPSA) is 70.0 Å². The van der Waals surface area contributed by atoms with Crippen molar-refractivity contribution in [1.82, 2.24) is 4.90 Å². The molecule has 2 aromatic carbocycles. The molecule has 0 aromatic heterocycles. The van der Waals surface area contributed by atoms with Gasteiger partial charge in [-0.25, -0.2) is 9.79 Å². The highest BCUT2D eigenvalue weighted by atomic mass is 32.2. The molecular weight excluding hydrogens is 372 g/mol. The number of carboxylic acid groups (broad SMARTS) is 1. The summed E-state index contributed by atoms with van der Waals surface area (Å²) in [7, 11) is 0. The van der Waals surface area contributed by atoms with Gasteiger partial charge >= 0.3 is 5.97 Å². The summed E-state index contributed by atoms with van der Waals surface area (Å²) in [5, 5.41) is 9.85. The second kappa shape index (κ2) is 8.44. The molecule has 0 spiro atoms. The number of benzene rings is 2. The Hall–Kier alpha value is -2.86. The van der Waals surface area contributed by atoms with E-state index in [-0.39, 0.29) is 11.5 Å². The Morgan fingerprint density at radius 1 is 1.18 bits per heavy atom. The molecule has 1 saturated heterocycles. The van der Waals surface area contributed by atoms with E-state index in [1.807, 2.05) is 25.1 Å². The Balaban J connectivity index is 1.94. The van der Waals surface area contributed by atoms with Crippen molar-refractivity contribution in [2.24, 2.45) is 4.99 Å². The molecule has 144 valence electrons. The van der Waals surface area contributed by atoms with Gasteiger partial charge in [0.05, 0.1) is 16.2 Å². The largest absolute Gasteiger partial charge is 0.478 e. The first kappa shape index (κ1) is 19.9. The number of thioether (sulfide) groups is 1. The summed E-state index contributed by atoms with van der Waals surface area (Å²) < 4.78 is 0. The van der Waals surface area contributed by atoms with Crippen LogP contribution in [-0.4, -0.2) is 33.6 Å². The van der Waals surface area contributed by atoms with E-state index in [1.165, 1.54) is 23.4 Å². The van der Waals surface area contributed by atoms with Gasteiger partial charge in [0, 0.05) is 6.54 Å². The van der Waals surface area contributed by atoms with Gasteiger partial charge < -0.3 is 5.11 Å². The molecule has 1 N–H and O–H groups in total. The molecule has 0 radical (unpaired) electrons. The first-order chi connectivity index (χ1) is 13.4. The standard InChI is InChI=1S/C22H22N2O3S/c1-4-24-20(25)19(13-15-9-11-16(12-10-15)14(2)3)28-22(24)23-18-8-6-5-7-17(18)21(26)27/h5-14H,4H2,1-3H3,(H,26,27)/b19-13-,23-22?. The third-order valence-corrected chi connectivity index (χ3v) is 5.46. The van der Waals surface area contributed by atoms with Gasteiger partial charge in [-0.2, -0.15) is 0 Å². The van der Waals surface area contributed by atoms with E-state index in [0.29, 0.717) is 28.2 Å². The van der Waals surface area contributed by atoms with Gasteiger partial charge in [-0.1, -0.05) is 50.2 Å². The number of hydrogen-bond acceptors (Lipinski definition) is 4. The van der Waals surface area contributed by atoms with Crippen molar-refractivity contribution >= 4 is 40.6 Å². The highest BCUT2D eigenvalue weighted by Crippen LogP contribution is 2.34. The van der Waals surface area contributed by atoms with Crippen LogP contribution in [0.1, 0.15) is 48.2 Å². The number of rotatable bonds is 5. The smallest absolute Gasteiger partial charge is 0.337 e. The summed E-state index contributed by atoms with van der Waals surface area (Å²) in [5.41, 5.74) is 2.64. The zero-order valence-electron chi connectivity index (χ0n) is 16.0. The number of aliphatic imine (C=N–C) groups is 1. The summed E-state index contributed by atoms with van der Waals surface area (Å²) >= 11 is 1.27. The van der Waals surface area contributed by atoms with Crippen molar-refractivity contribution in [2.75, 3.05) is 6.54 Å². The van der Waals surface area contributed by atoms with Gasteiger partial charge in [0.25, 0.3) is 5.91 Å². The molecule has 28 heavy (non-hydrogen) atoms. The molecule has 0 aliphatic carbocycles. The van der Waals surface area contributed by atoms with Crippen LogP contribution in [-0.2, 0) is 4.79 Å². The van der Waals surface area contributed by atoms with E-state index in [2.05, 4.69) is 31.0 Å². The fourth-order valence-corrected chi connectivity index (χ4v) is 3.91. The molecule has 1 aliphatic rings. The minimum absolute atomic E-state index is 0.112. The van der Waals surface area contributed by atoms with Gasteiger partial charge in [-0.3, -0.25) is 9.69 Å². The Labute approximate surface area is 168 Å². The normalized spacial score (nSPS) is 17.1. The van der Waals surface area contributed by atoms with Crippen LogP contribution in [0.4, 0.5) is 5.69 Å². The van der Waals surface area contributed by atoms with E-state index < -0.39 is 5.97 Å². The molecule has 0 saturated carbocycles. The van der Waals surface area contributed by atoms with Crippen LogP contribution >= 0.6 is 11.8 Å². The number of carbonyl (C=O) groups excluding carboxylic acids is 1. The second-order valence-corrected chi connectivity index (χ2v) is 7.71. The molecule has 0 bridgehead atoms. The Morgan fingerprint density at radius 3 is 2.46 bits per heavy atom. The zero-order valence-corrected chi connectivity index (χ0v) is 16.9. The number of likely N-dealkylation sites (N-methyl/N-ethyl adjacent to an activating group) is 1. The molecule has 5 nitrogen and oxygen atoms in total. The fourth-order valence-electron chi connectivity index (χ4n) is 2.85. The summed E-state index contributed by atoms with van der Waals surface area (Å²) in [6.07, 6.45) is 1.85. The number of carbonyl (C=O) groups is 2. The Morgan fingerprint density at radius 2 is 1.86 bits per heavy atom. The predicted molar refractivity (Wildman–Crippen MR) is 114 cm³/mol. The first-order valence-electron chi connectivity index (χ1n) is 9.13. The van der Waals surface area contributed by atoms with Crippen LogP contribution in [0.25, 0.3) is 6.08 Å². The molecule has 1 fully saturated rings. The maximum atomic E-state index is 12.8. The van der Waals surface area contributed by atoms with Crippen LogP contribution in [0.5, 0.6) is 0 Å². The molecule has 0 atom stereocenters. The van der Waals surface area contributed by atoms with Gasteiger partial charge in [0.2, 0.25) is 0 Å². The fraction of sp³-hybridized carbons (Fsp3) is 0.227. The van der Waals surface area contributed by atoms with Gasteiger partial charge in [-0.05, 0) is 53.9 Å². The summed E-state index contributed by atoms with van der Waals surface area (Å²) in [6, 6.07) is 14.7. The average Bonchev–Trinajstić information content (AvgIpc) is 2.96. The molecule has 0 unspecified atom stereocenters. The zero-order chi connectivity index (χ0) is 20.3. The lowest BCUT2D eigenvalue weighted by atomic mass is 10.0. The maximum Gasteiger partial charge on any atom is 0.337 e. The Bertz CT molecular complexity index is 962. The minimum atomic E-state index is -1.04. The molecule has 1 heterocycles. The maximum absolute atomic E-state index is 12.8. The van der Waals surface area contributed by atoms with E-state index >= 15 is 0 Å². The number of hydrogen-bond donors (Lipinski definition) is 1. The quantitative estimate of drug-likeness (QED) is 0.714. The number of amides is 1. The lowest BCUT2D eigenvalue weighted by molar-refractivity contribution is -0.122. The van der Waals surface area contributed by atoms with Gasteiger partial charge in [0.1, 0.15) is 0 Å². The summed E-state index contributed by atoms with van der Waals surface area (Å²) in [4.78, 5) is 30.8. The van der Waals surface area contributed by atoms with E-state index in [1.54, 1.807) is 23.1 Å². The minimum Gasteiger partial charge on any atom is -0.478 e. The van der Waals surface area contributed by atoms with Crippen LogP contribution in [0, 0.1) is 0 Å². The van der Waals surface area contributed by atoms with Crippen molar-refractivity contribution in [3.8, 4) is 0 Å². The molecule has 2 aromatic rings.